The van der Waals surface area contributed by atoms with E-state index >= 15 is 0 Å². The molecule has 13 nitrogen and oxygen atoms in total. The van der Waals surface area contributed by atoms with Gasteiger partial charge in [-0.15, -0.1) is 0 Å². The van der Waals surface area contributed by atoms with Gasteiger partial charge in [0.15, 0.2) is 23.0 Å². The van der Waals surface area contributed by atoms with E-state index in [2.05, 4.69) is 0 Å². The van der Waals surface area contributed by atoms with Crippen LogP contribution in [-0.2, 0) is 35.6 Å². The number of benzene rings is 5. The maximum absolute atomic E-state index is 13.9. The summed E-state index contributed by atoms with van der Waals surface area (Å²) in [7, 11) is 6.21. The van der Waals surface area contributed by atoms with Crippen molar-refractivity contribution >= 4 is 58.6 Å². The van der Waals surface area contributed by atoms with Crippen molar-refractivity contribution in [1.29, 1.82) is 0 Å². The molecule has 4 aliphatic heterocycles. The Bertz CT molecular complexity index is 2430. The molecule has 2 amide bonds. The first-order valence-electron chi connectivity index (χ1n) is 19.2. The van der Waals surface area contributed by atoms with Gasteiger partial charge >= 0.3 is 5.97 Å². The van der Waals surface area contributed by atoms with Crippen molar-refractivity contribution in [2.75, 3.05) is 49.6 Å². The van der Waals surface area contributed by atoms with E-state index in [4.69, 9.17) is 33.7 Å². The molecule has 59 heavy (non-hydrogen) atoms. The van der Waals surface area contributed by atoms with E-state index in [9.17, 15) is 14.4 Å². The second-order valence-electron chi connectivity index (χ2n) is 14.8. The maximum Gasteiger partial charge on any atom is 0.325 e. The van der Waals surface area contributed by atoms with Gasteiger partial charge in [-0.25, -0.2) is 0 Å². The van der Waals surface area contributed by atoms with Crippen LogP contribution in [0.2, 0.25) is 0 Å². The van der Waals surface area contributed by atoms with Crippen LogP contribution in [0, 0.1) is 0 Å². The maximum atomic E-state index is 13.9. The lowest BCUT2D eigenvalue weighted by molar-refractivity contribution is -0.138. The first kappa shape index (κ1) is 37.4. The summed E-state index contributed by atoms with van der Waals surface area (Å²) in [6, 6.07) is 28.0. The third-order valence-electron chi connectivity index (χ3n) is 11.1. The molecular weight excluding hydrogens is 751 g/mol. The van der Waals surface area contributed by atoms with Gasteiger partial charge in [0.2, 0.25) is 0 Å². The van der Waals surface area contributed by atoms with Crippen molar-refractivity contribution in [3.8, 4) is 23.0 Å². The van der Waals surface area contributed by atoms with Crippen LogP contribution in [-0.4, -0.2) is 77.2 Å². The van der Waals surface area contributed by atoms with Gasteiger partial charge in [0, 0.05) is 61.5 Å². The molecule has 5 aromatic rings. The van der Waals surface area contributed by atoms with E-state index in [1.54, 1.807) is 46.0 Å². The van der Waals surface area contributed by atoms with Crippen LogP contribution in [0.3, 0.4) is 0 Å². The van der Waals surface area contributed by atoms with Gasteiger partial charge in [-0.1, -0.05) is 36.4 Å². The highest BCUT2D eigenvalue weighted by Crippen LogP contribution is 2.43. The number of fused-ring (bicyclic) bond motifs is 8. The number of para-hydroxylation sites is 2. The molecular formula is C46H41N5O8. The molecule has 5 aromatic carbocycles. The van der Waals surface area contributed by atoms with E-state index in [1.165, 1.54) is 21.3 Å². The zero-order valence-corrected chi connectivity index (χ0v) is 33.0. The Morgan fingerprint density at radius 2 is 1.14 bits per heavy atom. The fourth-order valence-electron chi connectivity index (χ4n) is 8.18. The number of carbonyl (C=O) groups excluding carboxylic acids is 3. The Balaban J connectivity index is 0.978. The molecule has 13 heteroatoms. The van der Waals surface area contributed by atoms with E-state index in [-0.39, 0.29) is 43.7 Å². The minimum Gasteiger partial charge on any atom is -0.493 e. The quantitative estimate of drug-likeness (QED) is 0.129. The number of aliphatic imine (C=N–C) groups is 2. The van der Waals surface area contributed by atoms with Crippen molar-refractivity contribution in [3.05, 3.63) is 124 Å². The number of hydrogen-bond acceptors (Lipinski definition) is 11. The molecule has 2 atom stereocenters. The molecule has 0 fully saturated rings. The van der Waals surface area contributed by atoms with E-state index in [0.717, 1.165) is 39.3 Å². The summed E-state index contributed by atoms with van der Waals surface area (Å²) in [5.74, 6) is 0.910. The number of amides is 2. The van der Waals surface area contributed by atoms with Gasteiger partial charge in [-0.3, -0.25) is 34.2 Å². The largest absolute Gasteiger partial charge is 0.493 e. The lowest BCUT2D eigenvalue weighted by Crippen LogP contribution is -2.37. The number of hydrogen-bond donors (Lipinski definition) is 0. The van der Waals surface area contributed by atoms with Crippen molar-refractivity contribution in [1.82, 2.24) is 0 Å². The lowest BCUT2D eigenvalue weighted by atomic mass is 10.1. The zero-order valence-electron chi connectivity index (χ0n) is 33.0. The zero-order chi connectivity index (χ0) is 40.8. The van der Waals surface area contributed by atoms with Crippen LogP contribution in [0.5, 0.6) is 23.0 Å². The van der Waals surface area contributed by atoms with Crippen LogP contribution >= 0.6 is 0 Å². The van der Waals surface area contributed by atoms with Gasteiger partial charge < -0.3 is 28.6 Å². The number of anilines is 3. The molecule has 0 saturated carbocycles. The molecule has 0 saturated heterocycles. The fraction of sp³-hybridized carbons (Fsp3) is 0.239. The minimum atomic E-state index is -0.394. The van der Waals surface area contributed by atoms with Gasteiger partial charge in [-0.05, 0) is 64.7 Å². The molecule has 4 aliphatic rings. The fourth-order valence-corrected chi connectivity index (χ4v) is 8.18. The van der Waals surface area contributed by atoms with Crippen molar-refractivity contribution < 1.29 is 38.1 Å². The second kappa shape index (κ2) is 15.3. The number of nitrogens with zero attached hydrogens (tertiary/aromatic N) is 5. The summed E-state index contributed by atoms with van der Waals surface area (Å²) < 4.78 is 29.2. The summed E-state index contributed by atoms with van der Waals surface area (Å²) in [6.07, 6.45) is 5.01. The van der Waals surface area contributed by atoms with Crippen LogP contribution in [0.4, 0.5) is 28.4 Å². The van der Waals surface area contributed by atoms with E-state index < -0.39 is 5.97 Å². The Labute approximate surface area is 341 Å². The van der Waals surface area contributed by atoms with Crippen LogP contribution < -0.4 is 33.6 Å². The molecule has 0 bridgehead atoms. The van der Waals surface area contributed by atoms with Crippen LogP contribution in [0.1, 0.15) is 43.0 Å². The van der Waals surface area contributed by atoms with Crippen molar-refractivity contribution in [3.63, 3.8) is 0 Å². The van der Waals surface area contributed by atoms with E-state index in [0.29, 0.717) is 58.3 Å². The van der Waals surface area contributed by atoms with E-state index in [1.807, 2.05) is 79.2 Å². The predicted molar refractivity (Wildman–Crippen MR) is 224 cm³/mol. The third-order valence-corrected chi connectivity index (χ3v) is 11.1. The molecule has 0 unspecified atom stereocenters. The highest BCUT2D eigenvalue weighted by atomic mass is 16.5. The molecule has 9 rings (SSSR count). The molecule has 4 heterocycles. The average molecular weight is 792 g/mol. The molecule has 0 aliphatic carbocycles. The highest BCUT2D eigenvalue weighted by molar-refractivity contribution is 6.15. The number of carbonyl (C=O) groups is 3. The molecule has 0 radical (unpaired) electrons. The predicted octanol–water partition coefficient (Wildman–Crippen LogP) is 7.05. The normalized spacial score (nSPS) is 16.8. The Morgan fingerprint density at radius 1 is 0.661 bits per heavy atom. The van der Waals surface area contributed by atoms with Gasteiger partial charge in [0.05, 0.1) is 55.9 Å². The van der Waals surface area contributed by atoms with Crippen molar-refractivity contribution in [2.24, 2.45) is 9.98 Å². The smallest absolute Gasteiger partial charge is 0.325 e. The lowest BCUT2D eigenvalue weighted by Gasteiger charge is -2.22. The number of methoxy groups -OCH3 is 3. The number of rotatable bonds is 11. The average Bonchev–Trinajstić information content (AvgIpc) is 3.75. The number of esters is 1. The first-order valence-corrected chi connectivity index (χ1v) is 19.2. The molecule has 0 aromatic heterocycles. The van der Waals surface area contributed by atoms with Crippen LogP contribution in [0.25, 0.3) is 0 Å². The monoisotopic (exact) mass is 791 g/mol. The topological polar surface area (TPSA) is 132 Å². The molecule has 298 valence electrons. The third kappa shape index (κ3) is 6.88. The summed E-state index contributed by atoms with van der Waals surface area (Å²) in [6.45, 7) is 0.241. The van der Waals surface area contributed by atoms with Crippen LogP contribution in [0.15, 0.2) is 101 Å². The minimum absolute atomic E-state index is 0.0153. The summed E-state index contributed by atoms with van der Waals surface area (Å²) in [5, 5.41) is 0. The molecule has 0 spiro atoms. The second-order valence-corrected chi connectivity index (χ2v) is 14.8. The number of ether oxygens (including phenoxy) is 5. The summed E-state index contributed by atoms with van der Waals surface area (Å²) in [5.41, 5.74) is 8.07. The Hall–Kier alpha value is -7.15. The summed E-state index contributed by atoms with van der Waals surface area (Å²) in [4.78, 5) is 55.0. The first-order chi connectivity index (χ1) is 28.7. The van der Waals surface area contributed by atoms with Crippen molar-refractivity contribution in [2.45, 2.75) is 38.1 Å². The van der Waals surface area contributed by atoms with Gasteiger partial charge in [0.25, 0.3) is 11.8 Å². The Morgan fingerprint density at radius 3 is 1.59 bits per heavy atom. The van der Waals surface area contributed by atoms with Gasteiger partial charge in [-0.2, -0.15) is 0 Å². The Kier molecular flexibility index (Phi) is 9.71. The SMILES string of the molecule is COC(=O)CN(C)c1cc(COc2cc3c(cc2OC)C(=O)N2c4ccccc4C[C@H]2C=N3)cc(COc2cc3c(cc2OC)C(=O)N2c4ccccc4C[C@H]2C=N3)c1. The summed E-state index contributed by atoms with van der Waals surface area (Å²) >= 11 is 0. The van der Waals surface area contributed by atoms with Gasteiger partial charge in [0.1, 0.15) is 19.8 Å². The number of likely N-dealkylation sites (N-methyl/N-ethyl adjacent to an activating group) is 1. The highest BCUT2D eigenvalue weighted by Gasteiger charge is 2.38. The standard InChI is InChI=1S/C46H41N5O8/c1-49(24-44(52)57-4)31-14-27(25-58-42-20-36-34(18-40(42)55-2)45(53)50-32(22-47-36)16-29-9-5-7-11-38(29)50)13-28(15-31)26-59-43-21-37-35(19-41(43)56-3)46(54)51-33(23-48-37)17-30-10-6-8-12-39(30)51/h5-15,18-23,32-33H,16-17,24-26H2,1-4H3/t32-,33-/m0/s1. The molecule has 0 N–H and O–H groups in total.